The van der Waals surface area contributed by atoms with Gasteiger partial charge in [-0.1, -0.05) is 11.6 Å². The van der Waals surface area contributed by atoms with Crippen LogP contribution in [0.25, 0.3) is 0 Å². The number of amides is 2. The Balaban J connectivity index is 1.74. The molecule has 8 nitrogen and oxygen atoms in total. The van der Waals surface area contributed by atoms with Gasteiger partial charge in [-0.15, -0.1) is 0 Å². The zero-order valence-electron chi connectivity index (χ0n) is 16.7. The van der Waals surface area contributed by atoms with E-state index in [2.05, 4.69) is 15.4 Å². The molecule has 0 radical (unpaired) electrons. The highest BCUT2D eigenvalue weighted by Crippen LogP contribution is 2.22. The van der Waals surface area contributed by atoms with Crippen LogP contribution in [-0.2, 0) is 4.74 Å². The smallest absolute Gasteiger partial charge is 0.496 e. The Kier molecular flexibility index (Phi) is 8.96. The van der Waals surface area contributed by atoms with Crippen molar-refractivity contribution in [1.82, 2.24) is 10.6 Å². The molecule has 2 rings (SSSR count). The van der Waals surface area contributed by atoms with Crippen LogP contribution in [0.4, 0.5) is 4.79 Å². The fourth-order valence-corrected chi connectivity index (χ4v) is 2.64. The lowest BCUT2D eigenvalue weighted by molar-refractivity contribution is 0.0948. The molecule has 2 aromatic carbocycles. The van der Waals surface area contributed by atoms with Gasteiger partial charge in [-0.25, -0.2) is 4.79 Å². The molecule has 160 valence electrons. The number of carbonyl (C=O) groups is 3. The molecule has 2 aromatic rings. The minimum atomic E-state index is -0.799. The van der Waals surface area contributed by atoms with E-state index < -0.39 is 6.16 Å². The molecule has 0 heterocycles. The molecule has 0 aromatic heterocycles. The molecular weight excluding hydrogens is 412 g/mol. The normalized spacial score (nSPS) is 10.1. The van der Waals surface area contributed by atoms with Gasteiger partial charge in [0.15, 0.2) is 0 Å². The number of hydrogen-bond acceptors (Lipinski definition) is 6. The lowest BCUT2D eigenvalue weighted by Gasteiger charge is -2.10. The second-order valence-electron chi connectivity index (χ2n) is 6.02. The Bertz CT molecular complexity index is 886. The first-order valence-electron chi connectivity index (χ1n) is 9.29. The minimum Gasteiger partial charge on any atom is -0.496 e. The number of halogens is 1. The summed E-state index contributed by atoms with van der Waals surface area (Å²) in [5.74, 6) is 0.128. The molecule has 2 amide bonds. The van der Waals surface area contributed by atoms with Crippen molar-refractivity contribution in [3.05, 3.63) is 58.6 Å². The van der Waals surface area contributed by atoms with Crippen molar-refractivity contribution in [3.8, 4) is 11.5 Å². The van der Waals surface area contributed by atoms with Crippen molar-refractivity contribution in [2.45, 2.75) is 13.3 Å². The summed E-state index contributed by atoms with van der Waals surface area (Å²) in [7, 11) is 1.48. The van der Waals surface area contributed by atoms with E-state index in [1.54, 1.807) is 19.1 Å². The lowest BCUT2D eigenvalue weighted by atomic mass is 10.2. The molecule has 0 saturated carbocycles. The fourth-order valence-electron chi connectivity index (χ4n) is 2.47. The van der Waals surface area contributed by atoms with Gasteiger partial charge in [0.25, 0.3) is 11.8 Å². The van der Waals surface area contributed by atoms with Gasteiger partial charge in [0, 0.05) is 23.7 Å². The summed E-state index contributed by atoms with van der Waals surface area (Å²) < 4.78 is 14.8. The number of nitrogens with one attached hydrogen (secondary N) is 2. The third-order valence-electron chi connectivity index (χ3n) is 3.91. The summed E-state index contributed by atoms with van der Waals surface area (Å²) in [5, 5.41) is 5.95. The number of ether oxygens (including phenoxy) is 3. The van der Waals surface area contributed by atoms with Crippen LogP contribution in [0.1, 0.15) is 34.1 Å². The molecule has 2 N–H and O–H groups in total. The van der Waals surface area contributed by atoms with Crippen LogP contribution in [-0.4, -0.2) is 44.8 Å². The summed E-state index contributed by atoms with van der Waals surface area (Å²) in [6, 6.07) is 10.9. The van der Waals surface area contributed by atoms with Gasteiger partial charge in [-0.3, -0.25) is 9.59 Å². The average molecular weight is 435 g/mol. The first-order chi connectivity index (χ1) is 14.4. The van der Waals surface area contributed by atoms with E-state index in [1.807, 2.05) is 0 Å². The fraction of sp³-hybridized carbons (Fsp3) is 0.286. The van der Waals surface area contributed by atoms with Crippen molar-refractivity contribution in [1.29, 1.82) is 0 Å². The van der Waals surface area contributed by atoms with Crippen molar-refractivity contribution >= 4 is 29.6 Å². The molecular formula is C21H23ClN2O6. The molecule has 0 bridgehead atoms. The first-order valence-corrected chi connectivity index (χ1v) is 9.67. The zero-order chi connectivity index (χ0) is 21.9. The molecule has 30 heavy (non-hydrogen) atoms. The average Bonchev–Trinajstić information content (AvgIpc) is 2.73. The predicted octanol–water partition coefficient (Wildman–Crippen LogP) is 3.43. The van der Waals surface area contributed by atoms with Crippen LogP contribution < -0.4 is 20.1 Å². The van der Waals surface area contributed by atoms with E-state index >= 15 is 0 Å². The topological polar surface area (TPSA) is 103 Å². The summed E-state index contributed by atoms with van der Waals surface area (Å²) in [5.41, 5.74) is 0.762. The summed E-state index contributed by atoms with van der Waals surface area (Å²) in [6.07, 6.45) is -0.267. The first kappa shape index (κ1) is 23.0. The van der Waals surface area contributed by atoms with Gasteiger partial charge in [0.1, 0.15) is 11.5 Å². The minimum absolute atomic E-state index is 0.215. The van der Waals surface area contributed by atoms with Crippen LogP contribution in [0, 0.1) is 0 Å². The number of carbonyl (C=O) groups excluding carboxylic acids is 3. The third-order valence-corrected chi connectivity index (χ3v) is 4.15. The number of benzene rings is 2. The second kappa shape index (κ2) is 11.7. The van der Waals surface area contributed by atoms with Gasteiger partial charge in [0.2, 0.25) is 0 Å². The highest BCUT2D eigenvalue weighted by molar-refractivity contribution is 6.31. The van der Waals surface area contributed by atoms with Gasteiger partial charge < -0.3 is 24.8 Å². The largest absolute Gasteiger partial charge is 0.513 e. The van der Waals surface area contributed by atoms with Crippen molar-refractivity contribution in [3.63, 3.8) is 0 Å². The monoisotopic (exact) mass is 434 g/mol. The van der Waals surface area contributed by atoms with E-state index in [0.717, 1.165) is 0 Å². The van der Waals surface area contributed by atoms with E-state index in [4.69, 9.17) is 21.1 Å². The second-order valence-corrected chi connectivity index (χ2v) is 6.46. The highest BCUT2D eigenvalue weighted by atomic mass is 35.5. The van der Waals surface area contributed by atoms with Crippen molar-refractivity contribution in [2.24, 2.45) is 0 Å². The van der Waals surface area contributed by atoms with Gasteiger partial charge in [-0.05, 0) is 55.8 Å². The van der Waals surface area contributed by atoms with E-state index in [-0.39, 0.29) is 24.2 Å². The summed E-state index contributed by atoms with van der Waals surface area (Å²) in [4.78, 5) is 35.7. The summed E-state index contributed by atoms with van der Waals surface area (Å²) in [6.45, 7) is 2.62. The van der Waals surface area contributed by atoms with Crippen molar-refractivity contribution < 1.29 is 28.6 Å². The number of hydrogen-bond donors (Lipinski definition) is 2. The Morgan fingerprint density at radius 1 is 0.967 bits per heavy atom. The molecule has 0 aliphatic carbocycles. The van der Waals surface area contributed by atoms with Crippen LogP contribution in [0.5, 0.6) is 11.5 Å². The lowest BCUT2D eigenvalue weighted by Crippen LogP contribution is -2.30. The maximum atomic E-state index is 12.3. The molecule has 0 aliphatic rings. The Hall–Kier alpha value is -3.26. The molecule has 9 heteroatoms. The third kappa shape index (κ3) is 6.97. The Morgan fingerprint density at radius 3 is 2.27 bits per heavy atom. The molecule has 0 saturated heterocycles. The van der Waals surface area contributed by atoms with Crippen LogP contribution in [0.2, 0.25) is 5.02 Å². The number of rotatable bonds is 9. The number of methoxy groups -OCH3 is 1. The zero-order valence-corrected chi connectivity index (χ0v) is 17.5. The quantitative estimate of drug-likeness (QED) is 0.356. The maximum absolute atomic E-state index is 12.3. The van der Waals surface area contributed by atoms with Crippen molar-refractivity contribution in [2.75, 3.05) is 26.8 Å². The maximum Gasteiger partial charge on any atom is 0.513 e. The van der Waals surface area contributed by atoms with E-state index in [9.17, 15) is 14.4 Å². The standard InChI is InChI=1S/C21H23ClN2O6/c1-3-29-21(27)30-16-8-5-14(6-9-16)19(25)23-11-4-12-24-20(26)17-13-15(22)7-10-18(17)28-2/h5-10,13H,3-4,11-12H2,1-2H3,(H,23,25)(H,24,26). The van der Waals surface area contributed by atoms with E-state index in [0.29, 0.717) is 41.4 Å². The Labute approximate surface area is 179 Å². The molecule has 0 unspecified atom stereocenters. The van der Waals surface area contributed by atoms with E-state index in [1.165, 1.54) is 37.4 Å². The molecule has 0 fully saturated rings. The SMILES string of the molecule is CCOC(=O)Oc1ccc(C(=O)NCCCNC(=O)c2cc(Cl)ccc2OC)cc1. The van der Waals surface area contributed by atoms with Crippen LogP contribution >= 0.6 is 11.6 Å². The van der Waals surface area contributed by atoms with Crippen LogP contribution in [0.3, 0.4) is 0 Å². The molecule has 0 atom stereocenters. The molecule has 0 spiro atoms. The van der Waals surface area contributed by atoms with Gasteiger partial charge in [-0.2, -0.15) is 0 Å². The predicted molar refractivity (Wildman–Crippen MR) is 111 cm³/mol. The summed E-state index contributed by atoms with van der Waals surface area (Å²) >= 11 is 5.93. The van der Waals surface area contributed by atoms with Gasteiger partial charge in [0.05, 0.1) is 19.3 Å². The van der Waals surface area contributed by atoms with Gasteiger partial charge >= 0.3 is 6.16 Å². The Morgan fingerprint density at radius 2 is 1.63 bits per heavy atom. The molecule has 0 aliphatic heterocycles. The van der Waals surface area contributed by atoms with Crippen LogP contribution in [0.15, 0.2) is 42.5 Å². The highest BCUT2D eigenvalue weighted by Gasteiger charge is 2.12.